The third kappa shape index (κ3) is 4.03. The minimum Gasteiger partial charge on any atom is -0.490 e. The van der Waals surface area contributed by atoms with Gasteiger partial charge in [0.05, 0.1) is 13.2 Å². The number of fused-ring (bicyclic) bond motifs is 1. The molecule has 0 spiro atoms. The fourth-order valence-electron chi connectivity index (χ4n) is 4.23. The highest BCUT2D eigenvalue weighted by atomic mass is 19.1. The lowest BCUT2D eigenvalue weighted by Crippen LogP contribution is -2.31. The molecule has 2 aliphatic rings. The quantitative estimate of drug-likeness (QED) is 0.608. The van der Waals surface area contributed by atoms with Crippen LogP contribution in [0.3, 0.4) is 0 Å². The third-order valence-electron chi connectivity index (χ3n) is 5.98. The summed E-state index contributed by atoms with van der Waals surface area (Å²) in [4.78, 5) is 16.0. The van der Waals surface area contributed by atoms with Gasteiger partial charge in [-0.3, -0.25) is 4.79 Å². The predicted octanol–water partition coefficient (Wildman–Crippen LogP) is 3.98. The Hall–Kier alpha value is -3.45. The second-order valence-corrected chi connectivity index (χ2v) is 8.09. The lowest BCUT2D eigenvalue weighted by molar-refractivity contribution is 0.0256. The molecule has 7 heteroatoms. The number of anilines is 1. The molecule has 164 valence electrons. The summed E-state index contributed by atoms with van der Waals surface area (Å²) in [5, 5.41) is 2.84. The average molecular weight is 433 g/mol. The Bertz CT molecular complexity index is 1160. The van der Waals surface area contributed by atoms with Gasteiger partial charge in [-0.15, -0.1) is 0 Å². The number of carbonyl (C=O) groups is 1. The normalized spacial score (nSPS) is 16.3. The number of nitrogens with one attached hydrogen (secondary N) is 1. The third-order valence-corrected chi connectivity index (χ3v) is 5.98. The van der Waals surface area contributed by atoms with Crippen LogP contribution in [-0.2, 0) is 11.2 Å². The van der Waals surface area contributed by atoms with Gasteiger partial charge in [-0.2, -0.15) is 4.39 Å². The number of amides is 1. The molecular formula is C25H24FN3O3. The molecule has 3 N–H and O–H groups in total. The molecule has 5 rings (SSSR count). The Morgan fingerprint density at radius 1 is 1.00 bits per heavy atom. The van der Waals surface area contributed by atoms with Crippen LogP contribution >= 0.6 is 0 Å². The topological polar surface area (TPSA) is 86.5 Å². The minimum absolute atomic E-state index is 0.0771. The molecule has 2 aliphatic heterocycles. The molecule has 0 aliphatic carbocycles. The molecule has 1 saturated heterocycles. The summed E-state index contributed by atoms with van der Waals surface area (Å²) in [6.07, 6.45) is 2.61. The standard InChI is InChI=1S/C25H24FN3O3/c26-23-21(15-1-4-18(5-2-15)32-19-8-11-31-12-9-19)14-22(24(27)29-23)16-3-6-20-17(13-16)7-10-28-25(20)30/h1-6,13-14,19H,7-12H2,(H2,27,29)(H,28,30). The van der Waals surface area contributed by atoms with Gasteiger partial charge in [0.2, 0.25) is 5.95 Å². The fourth-order valence-corrected chi connectivity index (χ4v) is 4.23. The van der Waals surface area contributed by atoms with Crippen molar-refractivity contribution >= 4 is 11.7 Å². The molecule has 32 heavy (non-hydrogen) atoms. The van der Waals surface area contributed by atoms with Gasteiger partial charge < -0.3 is 20.5 Å². The lowest BCUT2D eigenvalue weighted by atomic mass is 9.94. The van der Waals surface area contributed by atoms with Crippen LogP contribution in [0.4, 0.5) is 10.2 Å². The van der Waals surface area contributed by atoms with Crippen molar-refractivity contribution in [3.05, 3.63) is 65.6 Å². The van der Waals surface area contributed by atoms with E-state index in [0.717, 1.165) is 36.1 Å². The van der Waals surface area contributed by atoms with Crippen LogP contribution in [0.5, 0.6) is 5.75 Å². The molecule has 3 aromatic rings. The van der Waals surface area contributed by atoms with Gasteiger partial charge in [0.1, 0.15) is 17.7 Å². The highest BCUT2D eigenvalue weighted by Gasteiger charge is 2.19. The van der Waals surface area contributed by atoms with Gasteiger partial charge >= 0.3 is 0 Å². The van der Waals surface area contributed by atoms with Crippen molar-refractivity contribution in [2.24, 2.45) is 0 Å². The van der Waals surface area contributed by atoms with Crippen LogP contribution in [0.2, 0.25) is 0 Å². The zero-order valence-electron chi connectivity index (χ0n) is 17.6. The molecule has 0 unspecified atom stereocenters. The first-order valence-electron chi connectivity index (χ1n) is 10.8. The summed E-state index contributed by atoms with van der Waals surface area (Å²) in [6, 6.07) is 14.6. The molecule has 2 aromatic carbocycles. The van der Waals surface area contributed by atoms with E-state index in [1.807, 2.05) is 36.4 Å². The SMILES string of the molecule is Nc1nc(F)c(-c2ccc(OC3CCOCC3)cc2)cc1-c1ccc2c(c1)CCNC2=O. The molecule has 0 saturated carbocycles. The maximum absolute atomic E-state index is 14.7. The molecule has 0 bridgehead atoms. The minimum atomic E-state index is -0.623. The van der Waals surface area contributed by atoms with Crippen molar-refractivity contribution in [3.63, 3.8) is 0 Å². The average Bonchev–Trinajstić information content (AvgIpc) is 2.81. The van der Waals surface area contributed by atoms with Crippen LogP contribution in [0.25, 0.3) is 22.3 Å². The van der Waals surface area contributed by atoms with Crippen LogP contribution in [-0.4, -0.2) is 36.8 Å². The van der Waals surface area contributed by atoms with E-state index >= 15 is 0 Å². The molecule has 1 amide bonds. The van der Waals surface area contributed by atoms with Crippen LogP contribution in [0.1, 0.15) is 28.8 Å². The number of hydrogen-bond donors (Lipinski definition) is 2. The Labute approximate surface area is 185 Å². The molecule has 1 aromatic heterocycles. The maximum Gasteiger partial charge on any atom is 0.251 e. The summed E-state index contributed by atoms with van der Waals surface area (Å²) in [7, 11) is 0. The van der Waals surface area contributed by atoms with Crippen molar-refractivity contribution in [2.45, 2.75) is 25.4 Å². The molecule has 3 heterocycles. The number of ether oxygens (including phenoxy) is 2. The number of benzene rings is 2. The van der Waals surface area contributed by atoms with E-state index in [-0.39, 0.29) is 17.8 Å². The van der Waals surface area contributed by atoms with Gasteiger partial charge in [0.15, 0.2) is 0 Å². The summed E-state index contributed by atoms with van der Waals surface area (Å²) in [5.41, 5.74) is 10.2. The first-order chi connectivity index (χ1) is 15.6. The highest BCUT2D eigenvalue weighted by Crippen LogP contribution is 2.34. The van der Waals surface area contributed by atoms with E-state index in [0.29, 0.717) is 42.0 Å². The Kier molecular flexibility index (Phi) is 5.49. The van der Waals surface area contributed by atoms with Crippen molar-refractivity contribution in [3.8, 4) is 28.0 Å². The van der Waals surface area contributed by atoms with Gasteiger partial charge in [-0.1, -0.05) is 24.3 Å². The first kappa shape index (κ1) is 20.5. The smallest absolute Gasteiger partial charge is 0.251 e. The van der Waals surface area contributed by atoms with Gasteiger partial charge in [0.25, 0.3) is 5.91 Å². The van der Waals surface area contributed by atoms with Crippen molar-refractivity contribution in [1.29, 1.82) is 0 Å². The van der Waals surface area contributed by atoms with Gasteiger partial charge in [-0.25, -0.2) is 4.98 Å². The lowest BCUT2D eigenvalue weighted by Gasteiger charge is -2.23. The Morgan fingerprint density at radius 2 is 1.75 bits per heavy atom. The molecule has 6 nitrogen and oxygen atoms in total. The zero-order chi connectivity index (χ0) is 22.1. The second-order valence-electron chi connectivity index (χ2n) is 8.09. The number of hydrogen-bond acceptors (Lipinski definition) is 5. The fraction of sp³-hybridized carbons (Fsp3) is 0.280. The summed E-state index contributed by atoms with van der Waals surface area (Å²) >= 11 is 0. The van der Waals surface area contributed by atoms with Crippen LogP contribution in [0, 0.1) is 5.95 Å². The number of rotatable bonds is 4. The number of carbonyl (C=O) groups excluding carboxylic acids is 1. The van der Waals surface area contributed by atoms with Gasteiger partial charge in [0, 0.05) is 36.1 Å². The summed E-state index contributed by atoms with van der Waals surface area (Å²) in [6.45, 7) is 2.02. The number of pyridine rings is 1. The predicted molar refractivity (Wildman–Crippen MR) is 120 cm³/mol. The molecule has 0 atom stereocenters. The van der Waals surface area contributed by atoms with E-state index < -0.39 is 5.95 Å². The van der Waals surface area contributed by atoms with Crippen molar-refractivity contribution in [2.75, 3.05) is 25.5 Å². The molecule has 1 fully saturated rings. The van der Waals surface area contributed by atoms with Crippen molar-refractivity contribution in [1.82, 2.24) is 10.3 Å². The zero-order valence-corrected chi connectivity index (χ0v) is 17.6. The first-order valence-corrected chi connectivity index (χ1v) is 10.8. The van der Waals surface area contributed by atoms with E-state index in [1.54, 1.807) is 12.1 Å². The van der Waals surface area contributed by atoms with Crippen LogP contribution in [0.15, 0.2) is 48.5 Å². The molecular weight excluding hydrogens is 409 g/mol. The Morgan fingerprint density at radius 3 is 2.53 bits per heavy atom. The van der Waals surface area contributed by atoms with E-state index in [9.17, 15) is 9.18 Å². The van der Waals surface area contributed by atoms with Crippen LogP contribution < -0.4 is 15.8 Å². The number of aromatic nitrogens is 1. The van der Waals surface area contributed by atoms with E-state index in [4.69, 9.17) is 15.2 Å². The largest absolute Gasteiger partial charge is 0.490 e. The highest BCUT2D eigenvalue weighted by molar-refractivity contribution is 5.97. The van der Waals surface area contributed by atoms with Gasteiger partial charge in [-0.05, 0) is 47.4 Å². The number of nitrogen functional groups attached to an aromatic ring is 1. The molecule has 0 radical (unpaired) electrons. The number of halogens is 1. The second kappa shape index (κ2) is 8.59. The monoisotopic (exact) mass is 433 g/mol. The van der Waals surface area contributed by atoms with Crippen molar-refractivity contribution < 1.29 is 18.7 Å². The van der Waals surface area contributed by atoms with E-state index in [1.165, 1.54) is 0 Å². The summed E-state index contributed by atoms with van der Waals surface area (Å²) in [5.74, 6) is 0.164. The van der Waals surface area contributed by atoms with E-state index in [2.05, 4.69) is 10.3 Å². The number of nitrogens with zero attached hydrogens (tertiary/aromatic N) is 1. The summed E-state index contributed by atoms with van der Waals surface area (Å²) < 4.78 is 26.1. The Balaban J connectivity index is 1.44. The maximum atomic E-state index is 14.7. The number of nitrogens with two attached hydrogens (primary N) is 1.